The van der Waals surface area contributed by atoms with Crippen LogP contribution in [-0.4, -0.2) is 31.4 Å². The summed E-state index contributed by atoms with van der Waals surface area (Å²) in [6.45, 7) is 3.67. The minimum absolute atomic E-state index is 0.0212. The summed E-state index contributed by atoms with van der Waals surface area (Å²) >= 11 is -1.28. The molecular weight excluding hydrogens is 403 g/mol. The molecule has 0 saturated carbocycles. The quantitative estimate of drug-likeness (QED) is 0.715. The van der Waals surface area contributed by atoms with Gasteiger partial charge in [-0.3, -0.25) is 0 Å². The first kappa shape index (κ1) is 17.8. The molecule has 0 spiro atoms. The van der Waals surface area contributed by atoms with Crippen LogP contribution in [0.3, 0.4) is 0 Å². The van der Waals surface area contributed by atoms with Gasteiger partial charge in [-0.15, -0.1) is 0 Å². The van der Waals surface area contributed by atoms with Crippen LogP contribution >= 0.6 is 0 Å². The molecule has 6 nitrogen and oxygen atoms in total. The fourth-order valence-electron chi connectivity index (χ4n) is 1.61. The van der Waals surface area contributed by atoms with Gasteiger partial charge in [0.1, 0.15) is 0 Å². The zero-order valence-electron chi connectivity index (χ0n) is 12.4. The van der Waals surface area contributed by atoms with Gasteiger partial charge >= 0.3 is 141 Å². The van der Waals surface area contributed by atoms with Crippen molar-refractivity contribution in [2.45, 2.75) is 23.6 Å². The summed E-state index contributed by atoms with van der Waals surface area (Å²) in [5.41, 5.74) is 1.84. The molecule has 9 heteroatoms. The van der Waals surface area contributed by atoms with E-state index in [1.54, 1.807) is 24.3 Å². The minimum atomic E-state index is -3.89. The Bertz CT molecular complexity index is 895. The van der Waals surface area contributed by atoms with Crippen molar-refractivity contribution >= 4 is 34.6 Å². The van der Waals surface area contributed by atoms with E-state index >= 15 is 0 Å². The maximum absolute atomic E-state index is 12.0. The van der Waals surface area contributed by atoms with Gasteiger partial charge in [-0.25, -0.2) is 0 Å². The average molecular weight is 417 g/mol. The second-order valence-corrected chi connectivity index (χ2v) is 10.2. The predicted octanol–water partition coefficient (Wildman–Crippen LogP) is 2.45. The first-order chi connectivity index (χ1) is 10.7. The van der Waals surface area contributed by atoms with Crippen LogP contribution in [0.15, 0.2) is 65.1 Å². The van der Waals surface area contributed by atoms with Crippen molar-refractivity contribution in [2.75, 3.05) is 0 Å². The zero-order valence-corrected chi connectivity index (χ0v) is 15.7. The molecule has 0 aliphatic carbocycles. The van der Waals surface area contributed by atoms with E-state index in [1.165, 1.54) is 24.3 Å². The predicted molar refractivity (Wildman–Crippen MR) is 87.3 cm³/mol. The number of rotatable bonds is 4. The van der Waals surface area contributed by atoms with Crippen molar-refractivity contribution < 1.29 is 16.8 Å². The van der Waals surface area contributed by atoms with E-state index in [0.29, 0.717) is 0 Å². The molecule has 0 N–H and O–H groups in total. The van der Waals surface area contributed by atoms with E-state index in [9.17, 15) is 16.8 Å². The van der Waals surface area contributed by atoms with Crippen molar-refractivity contribution in [3.05, 3.63) is 59.7 Å². The molecule has 0 amide bonds. The van der Waals surface area contributed by atoms with Crippen LogP contribution in [-0.2, 0) is 20.0 Å². The summed E-state index contributed by atoms with van der Waals surface area (Å²) in [5, 5.41) is 0. The Labute approximate surface area is 141 Å². The van der Waals surface area contributed by atoms with Crippen LogP contribution in [0.4, 0.5) is 0 Å². The molecule has 0 aromatic heterocycles. The van der Waals surface area contributed by atoms with Crippen molar-refractivity contribution in [3.8, 4) is 0 Å². The van der Waals surface area contributed by atoms with E-state index < -0.39 is 34.6 Å². The Balaban J connectivity index is 2.32. The molecule has 122 valence electrons. The first-order valence-electron chi connectivity index (χ1n) is 6.45. The fraction of sp³-hybridized carbons (Fsp3) is 0.143. The van der Waals surface area contributed by atoms with Crippen molar-refractivity contribution in [2.24, 2.45) is 6.74 Å². The van der Waals surface area contributed by atoms with Crippen LogP contribution in [0, 0.1) is 13.8 Å². The van der Waals surface area contributed by atoms with E-state index in [-0.39, 0.29) is 9.79 Å². The second kappa shape index (κ2) is 6.92. The average Bonchev–Trinajstić information content (AvgIpc) is 2.47. The van der Waals surface area contributed by atoms with Crippen LogP contribution < -0.4 is 0 Å². The molecule has 0 saturated heterocycles. The Morgan fingerprint density at radius 1 is 0.652 bits per heavy atom. The zero-order chi connectivity index (χ0) is 17.1. The van der Waals surface area contributed by atoms with Gasteiger partial charge in [0.05, 0.1) is 0 Å². The van der Waals surface area contributed by atoms with Gasteiger partial charge in [0.25, 0.3) is 0 Å². The molecule has 2 aromatic rings. The van der Waals surface area contributed by atoms with Crippen LogP contribution in [0.2, 0.25) is 0 Å². The molecule has 0 unspecified atom stereocenters. The maximum atomic E-state index is 12.0. The molecule has 0 heterocycles. The molecule has 2 rings (SSSR count). The van der Waals surface area contributed by atoms with E-state index in [1.807, 2.05) is 13.8 Å². The Morgan fingerprint density at radius 3 is 1.26 bits per heavy atom. The van der Waals surface area contributed by atoms with Gasteiger partial charge in [0.15, 0.2) is 0 Å². The van der Waals surface area contributed by atoms with Gasteiger partial charge in [0.2, 0.25) is 0 Å². The van der Waals surface area contributed by atoms with Crippen LogP contribution in [0.1, 0.15) is 11.1 Å². The van der Waals surface area contributed by atoms with Gasteiger partial charge in [-0.05, 0) is 0 Å². The van der Waals surface area contributed by atoms with Gasteiger partial charge in [-0.2, -0.15) is 0 Å². The number of hydrogen-bond acceptors (Lipinski definition) is 4. The third-order valence-corrected chi connectivity index (χ3v) is 8.47. The molecule has 0 radical (unpaired) electrons. The SMILES string of the molecule is Cc1ccc(S(=O)(=O)N=[Se]=NS(=O)(=O)c2ccc(C)cc2)cc1. The number of benzene rings is 2. The second-order valence-electron chi connectivity index (χ2n) is 4.81. The van der Waals surface area contributed by atoms with Gasteiger partial charge in [0, 0.05) is 0 Å². The molecule has 0 aliphatic rings. The molecule has 0 bridgehead atoms. The number of nitrogens with zero attached hydrogens (tertiary/aromatic N) is 2. The Morgan fingerprint density at radius 2 is 0.957 bits per heavy atom. The van der Waals surface area contributed by atoms with Gasteiger partial charge < -0.3 is 0 Å². The summed E-state index contributed by atoms with van der Waals surface area (Å²) in [5.74, 6) is 0. The van der Waals surface area contributed by atoms with E-state index in [2.05, 4.69) is 6.74 Å². The Hall–Kier alpha value is -1.54. The van der Waals surface area contributed by atoms with Gasteiger partial charge in [-0.1, -0.05) is 0 Å². The third kappa shape index (κ3) is 4.71. The normalized spacial score (nSPS) is 11.7. The van der Waals surface area contributed by atoms with E-state index in [4.69, 9.17) is 0 Å². The number of aryl methyl sites for hydroxylation is 2. The van der Waals surface area contributed by atoms with Crippen molar-refractivity contribution in [1.29, 1.82) is 0 Å². The summed E-state index contributed by atoms with van der Waals surface area (Å²) in [4.78, 5) is 0.0424. The summed E-state index contributed by atoms with van der Waals surface area (Å²) < 4.78 is 55.0. The fourth-order valence-corrected chi connectivity index (χ4v) is 5.73. The number of sulfonamides is 2. The molecule has 0 fully saturated rings. The van der Waals surface area contributed by atoms with Crippen LogP contribution in [0.25, 0.3) is 0 Å². The van der Waals surface area contributed by atoms with E-state index in [0.717, 1.165) is 11.1 Å². The third-order valence-electron chi connectivity index (χ3n) is 2.90. The summed E-state index contributed by atoms with van der Waals surface area (Å²) in [6, 6.07) is 12.3. The molecular formula is C14H14N2O4S2Se. The monoisotopic (exact) mass is 418 g/mol. The summed E-state index contributed by atoms with van der Waals surface area (Å²) in [6.07, 6.45) is 0. The first-order valence-corrected chi connectivity index (χ1v) is 10.9. The van der Waals surface area contributed by atoms with Crippen LogP contribution in [0.5, 0.6) is 0 Å². The molecule has 0 atom stereocenters. The van der Waals surface area contributed by atoms with Crippen molar-refractivity contribution in [3.63, 3.8) is 0 Å². The summed E-state index contributed by atoms with van der Waals surface area (Å²) in [7, 11) is -7.79. The van der Waals surface area contributed by atoms with Crippen molar-refractivity contribution in [1.82, 2.24) is 0 Å². The topological polar surface area (TPSA) is 93.0 Å². The molecule has 23 heavy (non-hydrogen) atoms. The molecule has 2 aromatic carbocycles. The molecule has 0 aliphatic heterocycles. The Kier molecular flexibility index (Phi) is 5.36. The standard InChI is InChI=1S/C14H14N2O4S2Se/c1-11-3-7-13(8-4-11)21(17,18)15-23-16-22(19,20)14-9-5-12(2)6-10-14/h3-10H,1-2H3. The number of hydrogen-bond donors (Lipinski definition) is 0.